The number of hydrogen-bond acceptors (Lipinski definition) is 8. The number of nitrogens with one attached hydrogen (secondary N) is 1. The quantitative estimate of drug-likeness (QED) is 0.208. The molecule has 9 nitrogen and oxygen atoms in total. The Morgan fingerprint density at radius 1 is 1.05 bits per heavy atom. The summed E-state index contributed by atoms with van der Waals surface area (Å²) in [6, 6.07) is 19.3. The van der Waals surface area contributed by atoms with Gasteiger partial charge in [0.05, 0.1) is 17.4 Å². The number of ether oxygens (including phenoxy) is 2. The number of carbonyl (C=O) groups is 2. The first-order valence-electron chi connectivity index (χ1n) is 12.7. The van der Waals surface area contributed by atoms with Crippen LogP contribution >= 0.6 is 22.7 Å². The third-order valence-electron chi connectivity index (χ3n) is 7.22. The van der Waals surface area contributed by atoms with Gasteiger partial charge in [0.1, 0.15) is 17.5 Å². The molecule has 1 fully saturated rings. The maximum absolute atomic E-state index is 12.7. The number of methoxy groups -OCH3 is 1. The van der Waals surface area contributed by atoms with Crippen molar-refractivity contribution in [2.75, 3.05) is 12.4 Å². The highest BCUT2D eigenvalue weighted by atomic mass is 32.1. The summed E-state index contributed by atoms with van der Waals surface area (Å²) in [6.45, 7) is 1.82. The summed E-state index contributed by atoms with van der Waals surface area (Å²) in [4.78, 5) is 26.4. The van der Waals surface area contributed by atoms with Crippen LogP contribution in [0.4, 0.5) is 10.6 Å². The van der Waals surface area contributed by atoms with E-state index in [2.05, 4.69) is 21.7 Å². The van der Waals surface area contributed by atoms with E-state index in [1.807, 2.05) is 61.5 Å². The van der Waals surface area contributed by atoms with E-state index in [1.54, 1.807) is 36.8 Å². The second-order valence-corrected chi connectivity index (χ2v) is 11.9. The van der Waals surface area contributed by atoms with E-state index in [0.29, 0.717) is 30.1 Å². The lowest BCUT2D eigenvalue weighted by Gasteiger charge is -2.14. The molecule has 0 bridgehead atoms. The topological polar surface area (TPSA) is 116 Å². The third-order valence-corrected chi connectivity index (χ3v) is 9.55. The van der Waals surface area contributed by atoms with Crippen molar-refractivity contribution < 1.29 is 24.2 Å². The van der Waals surface area contributed by atoms with E-state index in [-0.39, 0.29) is 0 Å². The Kier molecular flexibility index (Phi) is 6.55. The Morgan fingerprint density at radius 2 is 1.75 bits per heavy atom. The summed E-state index contributed by atoms with van der Waals surface area (Å²) in [5.41, 5.74) is 2.37. The van der Waals surface area contributed by atoms with E-state index < -0.39 is 23.6 Å². The third kappa shape index (κ3) is 4.61. The fourth-order valence-electron chi connectivity index (χ4n) is 4.77. The van der Waals surface area contributed by atoms with Crippen LogP contribution in [0.2, 0.25) is 0 Å². The van der Waals surface area contributed by atoms with Crippen LogP contribution in [0.15, 0.2) is 60.7 Å². The van der Waals surface area contributed by atoms with Gasteiger partial charge in [0.25, 0.3) is 0 Å². The van der Waals surface area contributed by atoms with Crippen LogP contribution in [-0.2, 0) is 22.0 Å². The predicted octanol–water partition coefficient (Wildman–Crippen LogP) is 6.86. The van der Waals surface area contributed by atoms with E-state index in [1.165, 1.54) is 4.68 Å². The van der Waals surface area contributed by atoms with E-state index in [0.717, 1.165) is 35.8 Å². The molecule has 1 aliphatic carbocycles. The summed E-state index contributed by atoms with van der Waals surface area (Å²) < 4.78 is 14.9. The van der Waals surface area contributed by atoms with Gasteiger partial charge in [0, 0.05) is 26.9 Å². The maximum atomic E-state index is 12.7. The van der Waals surface area contributed by atoms with Crippen LogP contribution in [0.5, 0.6) is 5.75 Å². The lowest BCUT2D eigenvalue weighted by atomic mass is 9.94. The van der Waals surface area contributed by atoms with Crippen molar-refractivity contribution >= 4 is 50.0 Å². The van der Waals surface area contributed by atoms with Crippen LogP contribution in [-0.4, -0.2) is 39.3 Å². The van der Waals surface area contributed by atoms with Crippen LogP contribution in [0.1, 0.15) is 37.0 Å². The van der Waals surface area contributed by atoms with E-state index in [9.17, 15) is 14.7 Å². The van der Waals surface area contributed by atoms with E-state index >= 15 is 0 Å². The minimum Gasteiger partial charge on any atom is -0.496 e. The number of carboxylic acid groups (broad SMARTS) is 1. The van der Waals surface area contributed by atoms with Gasteiger partial charge in [0.2, 0.25) is 0 Å². The second kappa shape index (κ2) is 10.1. The molecule has 1 amide bonds. The summed E-state index contributed by atoms with van der Waals surface area (Å²) in [6.07, 6.45) is 0.285. The number of rotatable bonds is 8. The number of amides is 1. The maximum Gasteiger partial charge on any atom is 0.413 e. The fourth-order valence-corrected chi connectivity index (χ4v) is 7.18. The first kappa shape index (κ1) is 26.0. The van der Waals surface area contributed by atoms with Crippen LogP contribution in [0, 0.1) is 0 Å². The molecule has 11 heteroatoms. The average molecular weight is 575 g/mol. The average Bonchev–Trinajstić information content (AvgIpc) is 3.38. The molecule has 0 aliphatic heterocycles. The summed E-state index contributed by atoms with van der Waals surface area (Å²) in [7, 11) is 3.32. The van der Waals surface area contributed by atoms with Crippen LogP contribution < -0.4 is 10.1 Å². The number of carbonyl (C=O) groups excluding carboxylic acids is 1. The number of hydrogen-bond donors (Lipinski definition) is 2. The van der Waals surface area contributed by atoms with Crippen molar-refractivity contribution in [1.29, 1.82) is 0 Å². The van der Waals surface area contributed by atoms with Crippen molar-refractivity contribution in [3.63, 3.8) is 0 Å². The van der Waals surface area contributed by atoms with Crippen LogP contribution in [0.3, 0.4) is 0 Å². The van der Waals surface area contributed by atoms with Crippen molar-refractivity contribution in [1.82, 2.24) is 15.0 Å². The molecule has 1 aliphatic rings. The van der Waals surface area contributed by atoms with Gasteiger partial charge in [-0.15, -0.1) is 27.8 Å². The number of thiophene rings is 2. The molecule has 2 N–H and O–H groups in total. The Balaban J connectivity index is 1.24. The summed E-state index contributed by atoms with van der Waals surface area (Å²) in [5, 5.41) is 20.9. The zero-order chi connectivity index (χ0) is 28.0. The second-order valence-electron chi connectivity index (χ2n) is 9.75. The SMILES string of the molecule is COc1cc(C2(C(=O)O)CC2)ccc1-c1cc2sc(-c3nnn(C)c3NC(=O)OC(C)c3ccccc3)cc2s1. The number of aryl methyl sites for hydroxylation is 1. The van der Waals surface area contributed by atoms with Gasteiger partial charge in [-0.25, -0.2) is 9.48 Å². The van der Waals surface area contributed by atoms with Crippen molar-refractivity contribution in [2.24, 2.45) is 7.05 Å². The van der Waals surface area contributed by atoms with Gasteiger partial charge in [-0.2, -0.15) is 0 Å². The molecule has 2 aromatic carbocycles. The Morgan fingerprint density at radius 3 is 2.42 bits per heavy atom. The molecule has 3 aromatic heterocycles. The number of carboxylic acids is 1. The minimum absolute atomic E-state index is 0.415. The predicted molar refractivity (Wildman–Crippen MR) is 155 cm³/mol. The molecule has 0 saturated heterocycles. The lowest BCUT2D eigenvalue weighted by Crippen LogP contribution is -2.19. The number of anilines is 1. The number of fused-ring (bicyclic) bond motifs is 1. The van der Waals surface area contributed by atoms with Gasteiger partial charge in [-0.05, 0) is 55.2 Å². The number of aliphatic carboxylic acids is 1. The van der Waals surface area contributed by atoms with Gasteiger partial charge in [0.15, 0.2) is 5.82 Å². The van der Waals surface area contributed by atoms with Gasteiger partial charge >= 0.3 is 12.1 Å². The fraction of sp³-hybridized carbons (Fsp3) is 0.241. The van der Waals surface area contributed by atoms with Crippen molar-refractivity contribution in [2.45, 2.75) is 31.3 Å². The number of aromatic nitrogens is 3. The summed E-state index contributed by atoms with van der Waals surface area (Å²) in [5.74, 6) is 0.315. The normalized spacial score (nSPS) is 14.6. The molecule has 0 radical (unpaired) electrons. The molecule has 1 saturated carbocycles. The molecule has 1 unspecified atom stereocenters. The first-order chi connectivity index (χ1) is 19.3. The van der Waals surface area contributed by atoms with Crippen molar-refractivity contribution in [3.05, 3.63) is 71.8 Å². The largest absolute Gasteiger partial charge is 0.496 e. The van der Waals surface area contributed by atoms with E-state index in [4.69, 9.17) is 9.47 Å². The molecule has 5 aromatic rings. The Bertz CT molecular complexity index is 1700. The van der Waals surface area contributed by atoms with Crippen LogP contribution in [0.25, 0.3) is 30.4 Å². The zero-order valence-corrected chi connectivity index (χ0v) is 23.6. The first-order valence-corrected chi connectivity index (χ1v) is 14.3. The molecule has 6 rings (SSSR count). The van der Waals surface area contributed by atoms with Gasteiger partial charge in [-0.3, -0.25) is 10.1 Å². The lowest BCUT2D eigenvalue weighted by molar-refractivity contribution is -0.140. The highest BCUT2D eigenvalue weighted by molar-refractivity contribution is 7.31. The standard InChI is InChI=1S/C29H26N4O5S2/c1-16(17-7-5-4-6-8-17)38-28(36)30-26-25(31-32-33(26)2)24-15-23-22(40-24)14-21(39-23)19-10-9-18(13-20(19)37-3)29(11-12-29)27(34)35/h4-10,13-16H,11-12H2,1-3H3,(H,30,36)(H,34,35). The highest BCUT2D eigenvalue weighted by Gasteiger charge is 2.52. The molecular weight excluding hydrogens is 548 g/mol. The molecular formula is C29H26N4O5S2. The summed E-state index contributed by atoms with van der Waals surface area (Å²) >= 11 is 3.16. The number of nitrogens with zero attached hydrogens (tertiary/aromatic N) is 3. The monoisotopic (exact) mass is 574 g/mol. The van der Waals surface area contributed by atoms with Crippen molar-refractivity contribution in [3.8, 4) is 26.8 Å². The molecule has 1 atom stereocenters. The van der Waals surface area contributed by atoms with Gasteiger partial charge in [-0.1, -0.05) is 41.6 Å². The van der Waals surface area contributed by atoms with Gasteiger partial charge < -0.3 is 14.6 Å². The smallest absolute Gasteiger partial charge is 0.413 e. The molecule has 40 heavy (non-hydrogen) atoms. The number of benzene rings is 2. The molecule has 3 heterocycles. The Labute approximate surface area is 238 Å². The highest BCUT2D eigenvalue weighted by Crippen LogP contribution is 2.51. The molecule has 204 valence electrons. The molecule has 0 spiro atoms. The zero-order valence-electron chi connectivity index (χ0n) is 22.0. The minimum atomic E-state index is -0.789. The Hall–Kier alpha value is -4.22.